The SMILES string of the molecule is CC(=O)N(c1ccc(Cl)cc1)C1CC(C)N(C(=O)c2cc(Cc3ccccc3)no2)c2ccccc21. The molecule has 36 heavy (non-hydrogen) atoms. The first kappa shape index (κ1) is 23.8. The molecular formula is C29H26ClN3O3. The number of carbonyl (C=O) groups excluding carboxylic acids is 2. The topological polar surface area (TPSA) is 66.7 Å². The minimum Gasteiger partial charge on any atom is -0.351 e. The highest BCUT2D eigenvalue weighted by atomic mass is 35.5. The Morgan fingerprint density at radius 3 is 2.44 bits per heavy atom. The summed E-state index contributed by atoms with van der Waals surface area (Å²) in [6.45, 7) is 3.55. The predicted octanol–water partition coefficient (Wildman–Crippen LogP) is 6.45. The zero-order valence-electron chi connectivity index (χ0n) is 20.1. The summed E-state index contributed by atoms with van der Waals surface area (Å²) >= 11 is 6.08. The quantitative estimate of drug-likeness (QED) is 0.316. The predicted molar refractivity (Wildman–Crippen MR) is 140 cm³/mol. The number of halogens is 1. The van der Waals surface area contributed by atoms with Crippen molar-refractivity contribution in [2.75, 3.05) is 9.80 Å². The maximum absolute atomic E-state index is 13.7. The maximum Gasteiger partial charge on any atom is 0.297 e. The number of nitrogens with zero attached hydrogens (tertiary/aromatic N) is 3. The summed E-state index contributed by atoms with van der Waals surface area (Å²) in [5, 5.41) is 4.74. The Morgan fingerprint density at radius 1 is 1.03 bits per heavy atom. The van der Waals surface area contributed by atoms with E-state index in [1.165, 1.54) is 0 Å². The van der Waals surface area contributed by atoms with Crippen LogP contribution in [-0.2, 0) is 11.2 Å². The van der Waals surface area contributed by atoms with Crippen LogP contribution in [-0.4, -0.2) is 23.0 Å². The first-order valence-electron chi connectivity index (χ1n) is 11.9. The molecule has 1 aliphatic rings. The summed E-state index contributed by atoms with van der Waals surface area (Å²) in [6.07, 6.45) is 1.15. The van der Waals surface area contributed by atoms with Gasteiger partial charge in [0.25, 0.3) is 5.91 Å². The number of hydrogen-bond acceptors (Lipinski definition) is 4. The van der Waals surface area contributed by atoms with Gasteiger partial charge < -0.3 is 14.3 Å². The van der Waals surface area contributed by atoms with Crippen LogP contribution < -0.4 is 9.80 Å². The average molecular weight is 500 g/mol. The van der Waals surface area contributed by atoms with Crippen LogP contribution in [0, 0.1) is 0 Å². The van der Waals surface area contributed by atoms with Crippen LogP contribution in [0.3, 0.4) is 0 Å². The van der Waals surface area contributed by atoms with E-state index >= 15 is 0 Å². The number of anilines is 2. The molecule has 2 amide bonds. The van der Waals surface area contributed by atoms with E-state index < -0.39 is 0 Å². The molecule has 1 aromatic heterocycles. The van der Waals surface area contributed by atoms with Gasteiger partial charge in [0.05, 0.1) is 11.7 Å². The molecule has 0 fully saturated rings. The van der Waals surface area contributed by atoms with Gasteiger partial charge in [-0.05, 0) is 54.8 Å². The van der Waals surface area contributed by atoms with Crippen LogP contribution >= 0.6 is 11.6 Å². The lowest BCUT2D eigenvalue weighted by Gasteiger charge is -2.43. The summed E-state index contributed by atoms with van der Waals surface area (Å²) in [5.74, 6) is -0.131. The second-order valence-corrected chi connectivity index (χ2v) is 9.48. The third-order valence-electron chi connectivity index (χ3n) is 6.53. The van der Waals surface area contributed by atoms with Crippen molar-refractivity contribution >= 4 is 34.8 Å². The third-order valence-corrected chi connectivity index (χ3v) is 6.78. The zero-order valence-corrected chi connectivity index (χ0v) is 20.9. The number of benzene rings is 3. The highest BCUT2D eigenvalue weighted by Crippen LogP contribution is 2.42. The number of carbonyl (C=O) groups is 2. The molecule has 3 aromatic carbocycles. The van der Waals surface area contributed by atoms with E-state index in [0.29, 0.717) is 23.6 Å². The van der Waals surface area contributed by atoms with Crippen LogP contribution in [0.1, 0.15) is 53.7 Å². The number of hydrogen-bond donors (Lipinski definition) is 0. The molecule has 6 nitrogen and oxygen atoms in total. The first-order valence-corrected chi connectivity index (χ1v) is 12.3. The lowest BCUT2D eigenvalue weighted by Crippen LogP contribution is -2.47. The van der Waals surface area contributed by atoms with Gasteiger partial charge in [-0.25, -0.2) is 0 Å². The number of rotatable bonds is 5. The summed E-state index contributed by atoms with van der Waals surface area (Å²) < 4.78 is 5.49. The Kier molecular flexibility index (Phi) is 6.61. The largest absolute Gasteiger partial charge is 0.351 e. The van der Waals surface area contributed by atoms with Crippen molar-refractivity contribution in [3.05, 3.63) is 113 Å². The molecule has 7 heteroatoms. The van der Waals surface area contributed by atoms with Crippen molar-refractivity contribution in [1.29, 1.82) is 0 Å². The van der Waals surface area contributed by atoms with Crippen LogP contribution in [0.4, 0.5) is 11.4 Å². The Hall–Kier alpha value is -3.90. The fraction of sp³-hybridized carbons (Fsp3) is 0.207. The second kappa shape index (κ2) is 9.99. The molecule has 0 spiro atoms. The minimum absolute atomic E-state index is 0.0788. The molecule has 2 heterocycles. The molecule has 5 rings (SSSR count). The van der Waals surface area contributed by atoms with E-state index in [-0.39, 0.29) is 29.7 Å². The molecule has 0 radical (unpaired) electrons. The molecule has 2 atom stereocenters. The van der Waals surface area contributed by atoms with Gasteiger partial charge in [-0.3, -0.25) is 9.59 Å². The van der Waals surface area contributed by atoms with E-state index in [1.807, 2.05) is 73.7 Å². The summed E-state index contributed by atoms with van der Waals surface area (Å²) in [4.78, 5) is 30.0. The Balaban J connectivity index is 1.47. The van der Waals surface area contributed by atoms with Crippen molar-refractivity contribution in [3.8, 4) is 0 Å². The Bertz CT molecular complexity index is 1380. The van der Waals surface area contributed by atoms with Gasteiger partial charge in [0.15, 0.2) is 0 Å². The fourth-order valence-electron chi connectivity index (χ4n) is 4.94. The van der Waals surface area contributed by atoms with Crippen molar-refractivity contribution in [1.82, 2.24) is 5.16 Å². The third kappa shape index (κ3) is 4.64. The van der Waals surface area contributed by atoms with Crippen LogP contribution in [0.25, 0.3) is 0 Å². The van der Waals surface area contributed by atoms with Crippen LogP contribution in [0.15, 0.2) is 89.5 Å². The van der Waals surface area contributed by atoms with Gasteiger partial charge in [-0.15, -0.1) is 0 Å². The monoisotopic (exact) mass is 499 g/mol. The first-order chi connectivity index (χ1) is 17.4. The van der Waals surface area contributed by atoms with Crippen LogP contribution in [0.5, 0.6) is 0 Å². The van der Waals surface area contributed by atoms with Crippen molar-refractivity contribution in [3.63, 3.8) is 0 Å². The lowest BCUT2D eigenvalue weighted by molar-refractivity contribution is -0.117. The van der Waals surface area contributed by atoms with Crippen LogP contribution in [0.2, 0.25) is 5.02 Å². The van der Waals surface area contributed by atoms with E-state index in [0.717, 1.165) is 22.5 Å². The summed E-state index contributed by atoms with van der Waals surface area (Å²) in [7, 11) is 0. The van der Waals surface area contributed by atoms with E-state index in [9.17, 15) is 9.59 Å². The fourth-order valence-corrected chi connectivity index (χ4v) is 5.06. The van der Waals surface area contributed by atoms with Gasteiger partial charge in [0, 0.05) is 41.9 Å². The Morgan fingerprint density at radius 2 is 1.72 bits per heavy atom. The molecule has 182 valence electrons. The minimum atomic E-state index is -0.249. The van der Waals surface area contributed by atoms with Gasteiger partial charge >= 0.3 is 0 Å². The molecule has 0 bridgehead atoms. The van der Waals surface area contributed by atoms with Gasteiger partial charge in [-0.1, -0.05) is 65.3 Å². The van der Waals surface area contributed by atoms with Gasteiger partial charge in [0.1, 0.15) is 0 Å². The van der Waals surface area contributed by atoms with Gasteiger partial charge in [0.2, 0.25) is 11.7 Å². The molecule has 1 aliphatic heterocycles. The van der Waals surface area contributed by atoms with Crippen molar-refractivity contribution in [2.45, 2.75) is 38.8 Å². The molecule has 0 saturated heterocycles. The maximum atomic E-state index is 13.7. The highest BCUT2D eigenvalue weighted by Gasteiger charge is 2.39. The zero-order chi connectivity index (χ0) is 25.2. The number of para-hydroxylation sites is 1. The van der Waals surface area contributed by atoms with Gasteiger partial charge in [-0.2, -0.15) is 0 Å². The Labute approximate surface area is 215 Å². The molecule has 0 saturated carbocycles. The standard InChI is InChI=1S/C29H26ClN3O3/c1-19-16-27(33(20(2)34)24-14-12-22(30)13-15-24)25-10-6-7-11-26(25)32(19)29(35)28-18-23(31-36-28)17-21-8-4-3-5-9-21/h3-15,18-19,27H,16-17H2,1-2H3. The number of amides is 2. The highest BCUT2D eigenvalue weighted by molar-refractivity contribution is 6.30. The van der Waals surface area contributed by atoms with E-state index in [2.05, 4.69) is 5.16 Å². The molecule has 4 aromatic rings. The van der Waals surface area contributed by atoms with E-state index in [4.69, 9.17) is 16.1 Å². The summed E-state index contributed by atoms with van der Waals surface area (Å²) in [5.41, 5.74) is 4.21. The normalized spacial score (nSPS) is 16.9. The average Bonchev–Trinajstić information content (AvgIpc) is 3.34. The number of aromatic nitrogens is 1. The summed E-state index contributed by atoms with van der Waals surface area (Å²) in [6, 6.07) is 26.2. The molecular weight excluding hydrogens is 474 g/mol. The smallest absolute Gasteiger partial charge is 0.297 e. The van der Waals surface area contributed by atoms with Crippen molar-refractivity contribution in [2.24, 2.45) is 0 Å². The second-order valence-electron chi connectivity index (χ2n) is 9.04. The van der Waals surface area contributed by atoms with E-state index in [1.54, 1.807) is 34.9 Å². The molecule has 0 N–H and O–H groups in total. The molecule has 0 aliphatic carbocycles. The van der Waals surface area contributed by atoms with Crippen molar-refractivity contribution < 1.29 is 14.1 Å². The number of fused-ring (bicyclic) bond motifs is 1. The lowest BCUT2D eigenvalue weighted by atomic mass is 9.89. The molecule has 2 unspecified atom stereocenters.